The Morgan fingerprint density at radius 3 is 2.77 bits per heavy atom. The topological polar surface area (TPSA) is 138 Å². The van der Waals surface area contributed by atoms with Crippen LogP contribution >= 0.6 is 54.8 Å². The van der Waals surface area contributed by atoms with Crippen molar-refractivity contribution in [2.24, 2.45) is 5.73 Å². The number of nitrogens with zero attached hydrogens (tertiary/aromatic N) is 5. The molecule has 0 aliphatic carbocycles. The molecule has 3 heterocycles. The summed E-state index contributed by atoms with van der Waals surface area (Å²) in [6, 6.07) is 7.05. The minimum Gasteiger partial charge on any atom is -0.374 e. The zero-order valence-electron chi connectivity index (χ0n) is 15.5. The Morgan fingerprint density at radius 1 is 1.29 bits per heavy atom. The molecule has 0 saturated heterocycles. The number of nitrogens with two attached hydrogens (primary N) is 2. The van der Waals surface area contributed by atoms with Crippen LogP contribution in [0.15, 0.2) is 45.7 Å². The van der Waals surface area contributed by atoms with E-state index in [1.54, 1.807) is 18.3 Å². The smallest absolute Gasteiger partial charge is 0.260 e. The van der Waals surface area contributed by atoms with Gasteiger partial charge in [-0.3, -0.25) is 4.79 Å². The molecule has 0 spiro atoms. The number of halogens is 3. The second-order valence-corrected chi connectivity index (χ2v) is 9.26. The van der Waals surface area contributed by atoms with Crippen molar-refractivity contribution in [3.05, 3.63) is 61.9 Å². The van der Waals surface area contributed by atoms with Crippen LogP contribution in [0.2, 0.25) is 5.02 Å². The number of pyridine rings is 1. The number of carbonyl (C=O) groups excluding carboxylic acids is 1. The molecule has 0 unspecified atom stereocenters. The lowest BCUT2D eigenvalue weighted by molar-refractivity contribution is 0.102. The largest absolute Gasteiger partial charge is 0.374 e. The lowest BCUT2D eigenvalue weighted by atomic mass is 10.1. The van der Waals surface area contributed by atoms with E-state index < -0.39 is 5.91 Å². The third-order valence-electron chi connectivity index (χ3n) is 4.18. The van der Waals surface area contributed by atoms with Gasteiger partial charge in [-0.05, 0) is 45.8 Å². The molecule has 1 aromatic carbocycles. The average Bonchev–Trinajstić information content (AvgIpc) is 3.34. The number of hydrogen-bond donors (Lipinski definition) is 3. The molecule has 158 valence electrons. The monoisotopic (exact) mass is 582 g/mol. The summed E-state index contributed by atoms with van der Waals surface area (Å²) in [6.45, 7) is 0.195. The maximum absolute atomic E-state index is 13.1. The normalized spacial score (nSPS) is 11.0. The van der Waals surface area contributed by atoms with Gasteiger partial charge in [0.05, 0.1) is 16.3 Å². The molecular formula is C18H13Br2ClN8OS. The van der Waals surface area contributed by atoms with Crippen LogP contribution in [0.1, 0.15) is 15.9 Å². The van der Waals surface area contributed by atoms with Crippen molar-refractivity contribution in [3.63, 3.8) is 0 Å². The van der Waals surface area contributed by atoms with Crippen LogP contribution in [-0.4, -0.2) is 30.9 Å². The van der Waals surface area contributed by atoms with E-state index >= 15 is 0 Å². The van der Waals surface area contributed by atoms with Crippen molar-refractivity contribution < 1.29 is 4.79 Å². The molecular weight excluding hydrogens is 572 g/mol. The van der Waals surface area contributed by atoms with Gasteiger partial charge in [-0.15, -0.1) is 10.2 Å². The van der Waals surface area contributed by atoms with Crippen LogP contribution in [0, 0.1) is 0 Å². The molecule has 0 aliphatic heterocycles. The highest BCUT2D eigenvalue weighted by molar-refractivity contribution is 9.10. The van der Waals surface area contributed by atoms with Gasteiger partial charge in [-0.25, -0.2) is 9.67 Å². The molecule has 0 aliphatic rings. The molecule has 4 rings (SSSR count). The maximum Gasteiger partial charge on any atom is 0.260 e. The Hall–Kier alpha value is -2.38. The average molecular weight is 585 g/mol. The van der Waals surface area contributed by atoms with E-state index in [9.17, 15) is 4.79 Å². The Bertz CT molecular complexity index is 1290. The summed E-state index contributed by atoms with van der Waals surface area (Å²) in [6.07, 6.45) is 3.13. The molecule has 0 bridgehead atoms. The fourth-order valence-corrected chi connectivity index (χ4v) is 4.62. The fourth-order valence-electron chi connectivity index (χ4n) is 2.82. The van der Waals surface area contributed by atoms with E-state index in [1.165, 1.54) is 22.2 Å². The van der Waals surface area contributed by atoms with Crippen molar-refractivity contribution >= 4 is 71.5 Å². The van der Waals surface area contributed by atoms with E-state index in [-0.39, 0.29) is 12.1 Å². The van der Waals surface area contributed by atoms with Gasteiger partial charge >= 0.3 is 0 Å². The standard InChI is InChI=1S/C18H13Br2ClN8OS/c19-9-4-8(6-22)13(10(5-9)17-26-27-18(23)31-17)25-16(30)11-7-29(28-14(11)20)15-12(21)2-1-3-24-15/h1-5,7H,6,22H2,(H2,23,27)(H,25,30). The second-order valence-electron chi connectivity index (χ2n) is 6.18. The highest BCUT2D eigenvalue weighted by atomic mass is 79.9. The van der Waals surface area contributed by atoms with Gasteiger partial charge in [-0.2, -0.15) is 5.10 Å². The number of benzene rings is 1. The van der Waals surface area contributed by atoms with E-state index in [0.29, 0.717) is 42.4 Å². The first-order chi connectivity index (χ1) is 14.9. The highest BCUT2D eigenvalue weighted by Gasteiger charge is 2.21. The van der Waals surface area contributed by atoms with Crippen LogP contribution in [0.4, 0.5) is 10.8 Å². The van der Waals surface area contributed by atoms with Crippen LogP contribution in [0.5, 0.6) is 0 Å². The maximum atomic E-state index is 13.1. The quantitative estimate of drug-likeness (QED) is 0.319. The SMILES string of the molecule is NCc1cc(Br)cc(-c2nnc(N)s2)c1NC(=O)c1cn(-c2ncccc2Cl)nc1Br. The summed E-state index contributed by atoms with van der Waals surface area (Å²) >= 11 is 14.2. The van der Waals surface area contributed by atoms with Gasteiger partial charge in [0.15, 0.2) is 10.8 Å². The molecule has 0 fully saturated rings. The Morgan fingerprint density at radius 2 is 2.10 bits per heavy atom. The van der Waals surface area contributed by atoms with Crippen molar-refractivity contribution in [1.82, 2.24) is 25.0 Å². The van der Waals surface area contributed by atoms with Crippen molar-refractivity contribution in [2.45, 2.75) is 6.54 Å². The fraction of sp³-hybridized carbons (Fsp3) is 0.0556. The van der Waals surface area contributed by atoms with Crippen molar-refractivity contribution in [2.75, 3.05) is 11.1 Å². The number of hydrogen-bond acceptors (Lipinski definition) is 8. The van der Waals surface area contributed by atoms with E-state index in [0.717, 1.165) is 4.47 Å². The van der Waals surface area contributed by atoms with Crippen molar-refractivity contribution in [3.8, 4) is 16.4 Å². The Labute approximate surface area is 202 Å². The first-order valence-electron chi connectivity index (χ1n) is 8.66. The molecule has 0 atom stereocenters. The Kier molecular flexibility index (Phi) is 6.34. The molecule has 1 amide bonds. The van der Waals surface area contributed by atoms with Gasteiger partial charge in [0.2, 0.25) is 5.13 Å². The van der Waals surface area contributed by atoms with Crippen molar-refractivity contribution in [1.29, 1.82) is 0 Å². The van der Waals surface area contributed by atoms with Crippen LogP contribution in [0.25, 0.3) is 16.4 Å². The number of rotatable bonds is 5. The number of aromatic nitrogens is 5. The number of anilines is 2. The lowest BCUT2D eigenvalue weighted by Crippen LogP contribution is -2.15. The summed E-state index contributed by atoms with van der Waals surface area (Å²) in [5.74, 6) is 0.00108. The number of carbonyl (C=O) groups is 1. The van der Waals surface area contributed by atoms with Crippen LogP contribution < -0.4 is 16.8 Å². The summed E-state index contributed by atoms with van der Waals surface area (Å²) < 4.78 is 2.55. The van der Waals surface area contributed by atoms with E-state index in [1.807, 2.05) is 12.1 Å². The molecule has 13 heteroatoms. The number of nitrogens with one attached hydrogen (secondary N) is 1. The highest BCUT2D eigenvalue weighted by Crippen LogP contribution is 2.37. The van der Waals surface area contributed by atoms with Gasteiger partial charge in [0.1, 0.15) is 4.60 Å². The molecule has 3 aromatic heterocycles. The molecule has 0 radical (unpaired) electrons. The predicted molar refractivity (Wildman–Crippen MR) is 127 cm³/mol. The minimum absolute atomic E-state index is 0.195. The van der Waals surface area contributed by atoms with Crippen LogP contribution in [0.3, 0.4) is 0 Å². The summed E-state index contributed by atoms with van der Waals surface area (Å²) in [5.41, 5.74) is 13.8. The molecule has 31 heavy (non-hydrogen) atoms. The molecule has 4 aromatic rings. The van der Waals surface area contributed by atoms with Gasteiger partial charge < -0.3 is 16.8 Å². The van der Waals surface area contributed by atoms with Gasteiger partial charge in [-0.1, -0.05) is 38.9 Å². The second kappa shape index (κ2) is 9.01. The predicted octanol–water partition coefficient (Wildman–Crippen LogP) is 4.26. The number of amides is 1. The molecule has 5 N–H and O–H groups in total. The van der Waals surface area contributed by atoms with Gasteiger partial charge in [0.25, 0.3) is 5.91 Å². The zero-order valence-corrected chi connectivity index (χ0v) is 20.3. The summed E-state index contributed by atoms with van der Waals surface area (Å²) in [4.78, 5) is 17.4. The molecule has 0 saturated carbocycles. The third kappa shape index (κ3) is 4.48. The first kappa shape index (κ1) is 21.8. The zero-order chi connectivity index (χ0) is 22.1. The Balaban J connectivity index is 1.74. The lowest BCUT2D eigenvalue weighted by Gasteiger charge is -2.14. The summed E-state index contributed by atoms with van der Waals surface area (Å²) in [5, 5.41) is 16.5. The minimum atomic E-state index is -0.402. The van der Waals surface area contributed by atoms with Crippen LogP contribution in [-0.2, 0) is 6.54 Å². The first-order valence-corrected chi connectivity index (χ1v) is 11.4. The van der Waals surface area contributed by atoms with E-state index in [4.69, 9.17) is 23.1 Å². The third-order valence-corrected chi connectivity index (χ3v) is 6.31. The number of nitrogen functional groups attached to an aromatic ring is 1. The molecule has 9 nitrogen and oxygen atoms in total. The van der Waals surface area contributed by atoms with E-state index in [2.05, 4.69) is 57.5 Å². The summed E-state index contributed by atoms with van der Waals surface area (Å²) in [7, 11) is 0. The van der Waals surface area contributed by atoms with Gasteiger partial charge in [0, 0.05) is 29.0 Å².